The van der Waals surface area contributed by atoms with Gasteiger partial charge >= 0.3 is 5.97 Å². The van der Waals surface area contributed by atoms with Crippen molar-refractivity contribution in [2.24, 2.45) is 11.8 Å². The highest BCUT2D eigenvalue weighted by Crippen LogP contribution is 2.42. The standard InChI is InChI=1S/C29H54O3/c1-3-5-7-9-10-13-17-21-28(30)22-18-14-11-12-15-19-23-29(31)32-25-27-24-26(27)20-16-8-6-4-2/h26-27H,3-25H2,1-2H3/t26-,27-/m1/s1. The Bertz CT molecular complexity index is 459. The summed E-state index contributed by atoms with van der Waals surface area (Å²) in [6.45, 7) is 5.15. The van der Waals surface area contributed by atoms with Crippen LogP contribution >= 0.6 is 0 Å². The molecule has 1 saturated carbocycles. The minimum absolute atomic E-state index is 0.00223. The number of Topliss-reactive ketones (excluding diaryl/α,β-unsaturated/α-hetero) is 1. The first-order valence-electron chi connectivity index (χ1n) is 14.3. The van der Waals surface area contributed by atoms with Crippen molar-refractivity contribution in [2.45, 2.75) is 155 Å². The highest BCUT2D eigenvalue weighted by molar-refractivity contribution is 5.78. The van der Waals surface area contributed by atoms with E-state index in [0.717, 1.165) is 50.9 Å². The molecule has 0 aromatic rings. The number of unbranched alkanes of at least 4 members (excludes halogenated alkanes) is 14. The average molecular weight is 451 g/mol. The van der Waals surface area contributed by atoms with Crippen LogP contribution < -0.4 is 0 Å². The molecular formula is C29H54O3. The zero-order chi connectivity index (χ0) is 23.3. The van der Waals surface area contributed by atoms with Crippen LogP contribution in [0.4, 0.5) is 0 Å². The lowest BCUT2D eigenvalue weighted by molar-refractivity contribution is -0.144. The summed E-state index contributed by atoms with van der Waals surface area (Å²) in [7, 11) is 0. The molecule has 188 valence electrons. The van der Waals surface area contributed by atoms with E-state index in [2.05, 4.69) is 13.8 Å². The Labute approximate surface area is 199 Å². The largest absolute Gasteiger partial charge is 0.465 e. The van der Waals surface area contributed by atoms with E-state index in [1.807, 2.05) is 0 Å². The van der Waals surface area contributed by atoms with Crippen LogP contribution in [-0.4, -0.2) is 18.4 Å². The lowest BCUT2D eigenvalue weighted by Gasteiger charge is -2.05. The Morgan fingerprint density at radius 1 is 0.594 bits per heavy atom. The molecule has 0 aromatic carbocycles. The van der Waals surface area contributed by atoms with Crippen molar-refractivity contribution in [1.29, 1.82) is 0 Å². The van der Waals surface area contributed by atoms with Gasteiger partial charge in [-0.25, -0.2) is 0 Å². The van der Waals surface area contributed by atoms with Crippen molar-refractivity contribution in [3.8, 4) is 0 Å². The number of hydrogen-bond donors (Lipinski definition) is 0. The Balaban J connectivity index is 1.79. The van der Waals surface area contributed by atoms with Crippen molar-refractivity contribution >= 4 is 11.8 Å². The second-order valence-corrected chi connectivity index (χ2v) is 10.3. The molecule has 0 amide bonds. The second kappa shape index (κ2) is 20.7. The van der Waals surface area contributed by atoms with Crippen LogP contribution in [0.2, 0.25) is 0 Å². The maximum absolute atomic E-state index is 11.9. The smallest absolute Gasteiger partial charge is 0.305 e. The van der Waals surface area contributed by atoms with E-state index >= 15 is 0 Å². The number of ether oxygens (including phenoxy) is 1. The fraction of sp³-hybridized carbons (Fsp3) is 0.931. The van der Waals surface area contributed by atoms with E-state index < -0.39 is 0 Å². The maximum Gasteiger partial charge on any atom is 0.305 e. The summed E-state index contributed by atoms with van der Waals surface area (Å²) >= 11 is 0. The van der Waals surface area contributed by atoms with Gasteiger partial charge < -0.3 is 4.74 Å². The summed E-state index contributed by atoms with van der Waals surface area (Å²) in [4.78, 5) is 23.9. The Morgan fingerprint density at radius 2 is 1.06 bits per heavy atom. The molecule has 0 unspecified atom stereocenters. The number of carbonyl (C=O) groups excluding carboxylic acids is 2. The molecule has 0 aromatic heterocycles. The van der Waals surface area contributed by atoms with Crippen LogP contribution in [0.3, 0.4) is 0 Å². The summed E-state index contributed by atoms with van der Waals surface area (Å²) in [6.07, 6.45) is 25.6. The first-order valence-corrected chi connectivity index (χ1v) is 14.3. The van der Waals surface area contributed by atoms with Gasteiger partial charge in [-0.1, -0.05) is 110 Å². The van der Waals surface area contributed by atoms with Crippen molar-refractivity contribution < 1.29 is 14.3 Å². The van der Waals surface area contributed by atoms with Crippen molar-refractivity contribution in [3.05, 3.63) is 0 Å². The predicted molar refractivity (Wildman–Crippen MR) is 136 cm³/mol. The molecule has 1 aliphatic rings. The normalized spacial score (nSPS) is 17.4. The third kappa shape index (κ3) is 17.7. The van der Waals surface area contributed by atoms with Crippen molar-refractivity contribution in [3.63, 3.8) is 0 Å². The lowest BCUT2D eigenvalue weighted by Crippen LogP contribution is -2.07. The number of esters is 1. The van der Waals surface area contributed by atoms with Crippen molar-refractivity contribution in [1.82, 2.24) is 0 Å². The number of carbonyl (C=O) groups is 2. The van der Waals surface area contributed by atoms with Gasteiger partial charge in [0.05, 0.1) is 6.61 Å². The molecule has 2 atom stereocenters. The number of ketones is 1. The van der Waals surface area contributed by atoms with Crippen LogP contribution in [0.15, 0.2) is 0 Å². The van der Waals surface area contributed by atoms with Gasteiger partial charge in [-0.15, -0.1) is 0 Å². The van der Waals surface area contributed by atoms with Gasteiger partial charge in [0.2, 0.25) is 0 Å². The fourth-order valence-corrected chi connectivity index (χ4v) is 4.68. The lowest BCUT2D eigenvalue weighted by atomic mass is 10.0. The molecule has 0 bridgehead atoms. The second-order valence-electron chi connectivity index (χ2n) is 10.3. The van der Waals surface area contributed by atoms with Crippen LogP contribution in [0.25, 0.3) is 0 Å². The number of hydrogen-bond acceptors (Lipinski definition) is 3. The first-order chi connectivity index (χ1) is 15.7. The van der Waals surface area contributed by atoms with Gasteiger partial charge in [0, 0.05) is 19.3 Å². The average Bonchev–Trinajstić information content (AvgIpc) is 3.54. The highest BCUT2D eigenvalue weighted by atomic mass is 16.5. The molecule has 0 spiro atoms. The zero-order valence-electron chi connectivity index (χ0n) is 21.6. The highest BCUT2D eigenvalue weighted by Gasteiger charge is 2.36. The molecule has 1 fully saturated rings. The van der Waals surface area contributed by atoms with Crippen LogP contribution in [0, 0.1) is 11.8 Å². The summed E-state index contributed by atoms with van der Waals surface area (Å²) in [5.74, 6) is 1.92. The van der Waals surface area contributed by atoms with Gasteiger partial charge in [0.1, 0.15) is 5.78 Å². The maximum atomic E-state index is 11.9. The Kier molecular flexibility index (Phi) is 18.9. The van der Waals surface area contributed by atoms with Gasteiger partial charge in [0.15, 0.2) is 0 Å². The van der Waals surface area contributed by atoms with E-state index in [9.17, 15) is 9.59 Å². The SMILES string of the molecule is CCCCCCCCCC(=O)CCCCCCCCC(=O)OC[C@H]1C[C@H]1CCCCCC. The van der Waals surface area contributed by atoms with E-state index in [1.54, 1.807) is 0 Å². The van der Waals surface area contributed by atoms with Gasteiger partial charge in [-0.2, -0.15) is 0 Å². The van der Waals surface area contributed by atoms with Crippen LogP contribution in [0.5, 0.6) is 0 Å². The molecule has 0 N–H and O–H groups in total. The number of rotatable bonds is 24. The topological polar surface area (TPSA) is 43.4 Å². The molecule has 3 heteroatoms. The molecule has 0 saturated heterocycles. The van der Waals surface area contributed by atoms with Gasteiger partial charge in [-0.05, 0) is 37.5 Å². The predicted octanol–water partition coefficient (Wildman–Crippen LogP) is 8.97. The van der Waals surface area contributed by atoms with Gasteiger partial charge in [0.25, 0.3) is 0 Å². The van der Waals surface area contributed by atoms with E-state index in [0.29, 0.717) is 24.7 Å². The monoisotopic (exact) mass is 450 g/mol. The molecule has 1 rings (SSSR count). The summed E-state index contributed by atoms with van der Waals surface area (Å²) in [6, 6.07) is 0. The van der Waals surface area contributed by atoms with Crippen LogP contribution in [0.1, 0.15) is 155 Å². The molecular weight excluding hydrogens is 396 g/mol. The van der Waals surface area contributed by atoms with E-state index in [-0.39, 0.29) is 5.97 Å². The molecule has 1 aliphatic carbocycles. The summed E-state index contributed by atoms with van der Waals surface area (Å²) < 4.78 is 5.48. The van der Waals surface area contributed by atoms with E-state index in [4.69, 9.17) is 4.74 Å². The molecule has 3 nitrogen and oxygen atoms in total. The minimum atomic E-state index is -0.00223. The molecule has 0 radical (unpaired) electrons. The van der Waals surface area contributed by atoms with Crippen LogP contribution in [-0.2, 0) is 14.3 Å². The van der Waals surface area contributed by atoms with E-state index in [1.165, 1.54) is 89.9 Å². The summed E-state index contributed by atoms with van der Waals surface area (Å²) in [5.41, 5.74) is 0. The molecule has 0 aliphatic heterocycles. The fourth-order valence-electron chi connectivity index (χ4n) is 4.68. The zero-order valence-corrected chi connectivity index (χ0v) is 21.6. The summed E-state index contributed by atoms with van der Waals surface area (Å²) in [5, 5.41) is 0. The first kappa shape index (κ1) is 29.2. The van der Waals surface area contributed by atoms with Gasteiger partial charge in [-0.3, -0.25) is 9.59 Å². The third-order valence-electron chi connectivity index (χ3n) is 7.10. The Hall–Kier alpha value is -0.860. The quantitative estimate of drug-likeness (QED) is 0.109. The van der Waals surface area contributed by atoms with Crippen molar-refractivity contribution in [2.75, 3.05) is 6.61 Å². The molecule has 0 heterocycles. The minimum Gasteiger partial charge on any atom is -0.465 e. The third-order valence-corrected chi connectivity index (χ3v) is 7.10. The molecule has 32 heavy (non-hydrogen) atoms. The Morgan fingerprint density at radius 3 is 1.62 bits per heavy atom.